The summed E-state index contributed by atoms with van der Waals surface area (Å²) in [5.74, 6) is -1.21. The van der Waals surface area contributed by atoms with E-state index in [0.717, 1.165) is 16.7 Å². The molecule has 1 amide bonds. The Morgan fingerprint density at radius 3 is 2.62 bits per heavy atom. The maximum absolute atomic E-state index is 12.8. The Morgan fingerprint density at radius 2 is 1.96 bits per heavy atom. The fourth-order valence-corrected chi connectivity index (χ4v) is 3.50. The Hall–Kier alpha value is -2.96. The zero-order valence-electron chi connectivity index (χ0n) is 14.8. The van der Waals surface area contributed by atoms with E-state index in [1.807, 2.05) is 24.3 Å². The number of fused-ring (bicyclic) bond motifs is 1. The molecule has 2 aromatic rings. The van der Waals surface area contributed by atoms with Crippen molar-refractivity contribution in [3.8, 4) is 0 Å². The van der Waals surface area contributed by atoms with E-state index in [1.54, 1.807) is 13.8 Å². The van der Waals surface area contributed by atoms with Crippen molar-refractivity contribution in [1.29, 1.82) is 0 Å². The fourth-order valence-electron chi connectivity index (χ4n) is 3.50. The second kappa shape index (κ2) is 7.11. The SMILES string of the molecule is Cc1nc(=O)[nH]c(C)c1CCC(=O)N1Cc2ccccc2C[C@@H]1C(=O)O. The summed E-state index contributed by atoms with van der Waals surface area (Å²) in [5, 5.41) is 9.54. The van der Waals surface area contributed by atoms with Crippen LogP contribution in [0, 0.1) is 13.8 Å². The number of hydrogen-bond acceptors (Lipinski definition) is 4. The summed E-state index contributed by atoms with van der Waals surface area (Å²) >= 11 is 0. The molecule has 2 N–H and O–H groups in total. The normalized spacial score (nSPS) is 16.2. The van der Waals surface area contributed by atoms with Crippen LogP contribution in [0.15, 0.2) is 29.1 Å². The second-order valence-electron chi connectivity index (χ2n) is 6.58. The molecule has 1 aromatic heterocycles. The molecule has 0 fully saturated rings. The van der Waals surface area contributed by atoms with Gasteiger partial charge in [-0.1, -0.05) is 24.3 Å². The van der Waals surface area contributed by atoms with Crippen molar-refractivity contribution in [3.05, 3.63) is 62.8 Å². The predicted octanol–water partition coefficient (Wildman–Crippen LogP) is 1.36. The monoisotopic (exact) mass is 355 g/mol. The minimum absolute atomic E-state index is 0.168. The predicted molar refractivity (Wildman–Crippen MR) is 94.8 cm³/mol. The molecule has 3 rings (SSSR count). The van der Waals surface area contributed by atoms with Crippen LogP contribution in [0.25, 0.3) is 0 Å². The third kappa shape index (κ3) is 3.51. The van der Waals surface area contributed by atoms with Gasteiger partial charge in [-0.05, 0) is 37.0 Å². The number of nitrogens with one attached hydrogen (secondary N) is 1. The molecular formula is C19H21N3O4. The smallest absolute Gasteiger partial charge is 0.345 e. The molecule has 1 aliphatic heterocycles. The highest BCUT2D eigenvalue weighted by Crippen LogP contribution is 2.24. The number of aromatic nitrogens is 2. The molecule has 1 aliphatic rings. The van der Waals surface area contributed by atoms with Crippen LogP contribution in [0.3, 0.4) is 0 Å². The van der Waals surface area contributed by atoms with Crippen molar-refractivity contribution in [3.63, 3.8) is 0 Å². The summed E-state index contributed by atoms with van der Waals surface area (Å²) in [6, 6.07) is 6.75. The highest BCUT2D eigenvalue weighted by Gasteiger charge is 2.34. The minimum Gasteiger partial charge on any atom is -0.480 e. The van der Waals surface area contributed by atoms with Gasteiger partial charge in [-0.3, -0.25) is 4.79 Å². The van der Waals surface area contributed by atoms with E-state index in [4.69, 9.17) is 0 Å². The standard InChI is InChI=1S/C19H21N3O4/c1-11-15(12(2)21-19(26)20-11)7-8-17(23)22-10-14-6-4-3-5-13(14)9-16(22)18(24)25/h3-6,16H,7-10H2,1-2H3,(H,24,25)(H,20,21,26)/t16-/m1/s1. The number of carbonyl (C=O) groups is 2. The lowest BCUT2D eigenvalue weighted by Crippen LogP contribution is -2.48. The van der Waals surface area contributed by atoms with E-state index in [0.29, 0.717) is 30.8 Å². The quantitative estimate of drug-likeness (QED) is 0.862. The summed E-state index contributed by atoms with van der Waals surface area (Å²) in [4.78, 5) is 43.7. The van der Waals surface area contributed by atoms with Gasteiger partial charge in [-0.2, -0.15) is 4.98 Å². The molecule has 7 nitrogen and oxygen atoms in total. The average Bonchev–Trinajstić information content (AvgIpc) is 2.59. The molecule has 0 spiro atoms. The van der Waals surface area contributed by atoms with Gasteiger partial charge in [-0.15, -0.1) is 0 Å². The summed E-state index contributed by atoms with van der Waals surface area (Å²) in [6.07, 6.45) is 0.891. The van der Waals surface area contributed by atoms with Crippen LogP contribution in [-0.2, 0) is 29.0 Å². The van der Waals surface area contributed by atoms with E-state index >= 15 is 0 Å². The first-order chi connectivity index (χ1) is 12.4. The van der Waals surface area contributed by atoms with Gasteiger partial charge >= 0.3 is 11.7 Å². The number of aliphatic carboxylic acids is 1. The molecule has 2 heterocycles. The summed E-state index contributed by atoms with van der Waals surface area (Å²) in [7, 11) is 0. The van der Waals surface area contributed by atoms with Crippen LogP contribution in [0.2, 0.25) is 0 Å². The Balaban J connectivity index is 1.78. The first-order valence-electron chi connectivity index (χ1n) is 8.52. The number of aromatic amines is 1. The number of nitrogens with zero attached hydrogens (tertiary/aromatic N) is 2. The number of H-pyrrole nitrogens is 1. The van der Waals surface area contributed by atoms with Crippen LogP contribution < -0.4 is 5.69 Å². The van der Waals surface area contributed by atoms with Gasteiger partial charge in [0.2, 0.25) is 5.91 Å². The van der Waals surface area contributed by atoms with Crippen molar-refractivity contribution in [2.24, 2.45) is 0 Å². The van der Waals surface area contributed by atoms with Crippen molar-refractivity contribution >= 4 is 11.9 Å². The molecule has 0 saturated carbocycles. The Morgan fingerprint density at radius 1 is 1.27 bits per heavy atom. The molecule has 0 radical (unpaired) electrons. The van der Waals surface area contributed by atoms with Crippen LogP contribution in [0.5, 0.6) is 0 Å². The highest BCUT2D eigenvalue weighted by atomic mass is 16.4. The molecule has 0 unspecified atom stereocenters. The number of rotatable bonds is 4. The largest absolute Gasteiger partial charge is 0.480 e. The van der Waals surface area contributed by atoms with Crippen molar-refractivity contribution < 1.29 is 14.7 Å². The molecule has 0 saturated heterocycles. The van der Waals surface area contributed by atoms with E-state index in [1.165, 1.54) is 4.90 Å². The minimum atomic E-state index is -0.995. The van der Waals surface area contributed by atoms with Crippen LogP contribution >= 0.6 is 0 Å². The van der Waals surface area contributed by atoms with E-state index in [-0.39, 0.29) is 12.3 Å². The van der Waals surface area contributed by atoms with Gasteiger partial charge in [0.1, 0.15) is 6.04 Å². The molecule has 0 aliphatic carbocycles. The summed E-state index contributed by atoms with van der Waals surface area (Å²) in [6.45, 7) is 3.81. The molecule has 1 atom stereocenters. The lowest BCUT2D eigenvalue weighted by Gasteiger charge is -2.34. The van der Waals surface area contributed by atoms with Crippen molar-refractivity contribution in [2.75, 3.05) is 0 Å². The lowest BCUT2D eigenvalue weighted by molar-refractivity contribution is -0.151. The Kier molecular flexibility index (Phi) is 4.88. The van der Waals surface area contributed by atoms with E-state index in [9.17, 15) is 19.5 Å². The molecule has 1 aromatic carbocycles. The summed E-state index contributed by atoms with van der Waals surface area (Å²) in [5.41, 5.74) is 3.65. The Labute approximate surface area is 150 Å². The topological polar surface area (TPSA) is 103 Å². The number of hydrogen-bond donors (Lipinski definition) is 2. The van der Waals surface area contributed by atoms with E-state index < -0.39 is 17.7 Å². The number of benzene rings is 1. The second-order valence-corrected chi connectivity index (χ2v) is 6.58. The highest BCUT2D eigenvalue weighted by molar-refractivity contribution is 5.84. The van der Waals surface area contributed by atoms with Gasteiger partial charge in [0.15, 0.2) is 0 Å². The third-order valence-electron chi connectivity index (χ3n) is 4.90. The number of carbonyl (C=O) groups excluding carboxylic acids is 1. The summed E-state index contributed by atoms with van der Waals surface area (Å²) < 4.78 is 0. The maximum Gasteiger partial charge on any atom is 0.345 e. The molecular weight excluding hydrogens is 334 g/mol. The van der Waals surface area contributed by atoms with Gasteiger partial charge in [0.25, 0.3) is 0 Å². The number of carboxylic acid groups (broad SMARTS) is 1. The Bertz CT molecular complexity index is 893. The van der Waals surface area contributed by atoms with Gasteiger partial charge < -0.3 is 15.0 Å². The first kappa shape index (κ1) is 17.8. The van der Waals surface area contributed by atoms with Crippen LogP contribution in [-0.4, -0.2) is 37.9 Å². The number of aryl methyl sites for hydroxylation is 2. The average molecular weight is 355 g/mol. The van der Waals surface area contributed by atoms with E-state index in [2.05, 4.69) is 9.97 Å². The molecule has 136 valence electrons. The van der Waals surface area contributed by atoms with Crippen LogP contribution in [0.1, 0.15) is 34.5 Å². The fraction of sp³-hybridized carbons (Fsp3) is 0.368. The lowest BCUT2D eigenvalue weighted by atomic mass is 9.93. The number of carboxylic acids is 1. The molecule has 26 heavy (non-hydrogen) atoms. The zero-order chi connectivity index (χ0) is 18.8. The van der Waals surface area contributed by atoms with Crippen LogP contribution in [0.4, 0.5) is 0 Å². The number of amides is 1. The molecule has 0 bridgehead atoms. The van der Waals surface area contributed by atoms with Crippen molar-refractivity contribution in [2.45, 2.75) is 45.7 Å². The zero-order valence-corrected chi connectivity index (χ0v) is 14.8. The van der Waals surface area contributed by atoms with Gasteiger partial charge in [0.05, 0.1) is 0 Å². The third-order valence-corrected chi connectivity index (χ3v) is 4.90. The molecule has 7 heteroatoms. The van der Waals surface area contributed by atoms with Gasteiger partial charge in [0, 0.05) is 30.8 Å². The van der Waals surface area contributed by atoms with Crippen molar-refractivity contribution in [1.82, 2.24) is 14.9 Å². The van der Waals surface area contributed by atoms with Gasteiger partial charge in [-0.25, -0.2) is 9.59 Å². The first-order valence-corrected chi connectivity index (χ1v) is 8.52. The maximum atomic E-state index is 12.8.